The van der Waals surface area contributed by atoms with E-state index in [-0.39, 0.29) is 11.3 Å². The molecule has 31 heavy (non-hydrogen) atoms. The van der Waals surface area contributed by atoms with Crippen molar-refractivity contribution < 1.29 is 9.59 Å². The van der Waals surface area contributed by atoms with Crippen molar-refractivity contribution in [2.24, 2.45) is 10.8 Å². The van der Waals surface area contributed by atoms with Crippen molar-refractivity contribution in [1.29, 1.82) is 0 Å². The zero-order valence-electron chi connectivity index (χ0n) is 18.0. The fraction of sp³-hybridized carbons (Fsp3) is 0.458. The third-order valence-electron chi connectivity index (χ3n) is 7.35. The first-order chi connectivity index (χ1) is 14.8. The molecule has 6 rings (SSSR count). The van der Waals surface area contributed by atoms with Crippen LogP contribution in [0.2, 0.25) is 0 Å². The average Bonchev–Trinajstić information content (AvgIpc) is 3.27. The maximum atomic E-state index is 12.9. The first kappa shape index (κ1) is 18.7. The number of likely N-dealkylation sites (tertiary alicyclic amines) is 2. The van der Waals surface area contributed by atoms with Gasteiger partial charge >= 0.3 is 0 Å². The van der Waals surface area contributed by atoms with E-state index >= 15 is 0 Å². The summed E-state index contributed by atoms with van der Waals surface area (Å²) >= 11 is 0. The van der Waals surface area contributed by atoms with Gasteiger partial charge in [-0.25, -0.2) is 0 Å². The van der Waals surface area contributed by atoms with Crippen LogP contribution in [0.3, 0.4) is 0 Å². The van der Waals surface area contributed by atoms with Gasteiger partial charge in [0.15, 0.2) is 0 Å². The number of nitrogens with zero attached hydrogens (tertiary/aromatic N) is 3. The standard InChI is InChI=1S/C24H27N5O2/c1-23(2)6-5-17-20(9-23)26-27-21(17)19-7-15-3-4-16(8-18(15)25-19)22(31)29-12-24(13-29)10-28(11-24)14-30/h3-4,7-8,14,25H,5-6,9-13H2,1-2H3,(H,26,27). The number of aromatic nitrogens is 3. The third kappa shape index (κ3) is 2.90. The quantitative estimate of drug-likeness (QED) is 0.643. The Morgan fingerprint density at radius 2 is 1.97 bits per heavy atom. The van der Waals surface area contributed by atoms with E-state index in [2.05, 4.69) is 35.1 Å². The fourth-order valence-corrected chi connectivity index (χ4v) is 5.64. The van der Waals surface area contributed by atoms with Crippen LogP contribution in [0.15, 0.2) is 24.3 Å². The van der Waals surface area contributed by atoms with Crippen LogP contribution in [-0.4, -0.2) is 63.5 Å². The SMILES string of the molecule is CC1(C)CCc2c(-c3cc4ccc(C(=O)N5CC6(CN(C=O)C6)C5)cc4[nH]3)n[nH]c2C1. The minimum atomic E-state index is 0.0626. The predicted molar refractivity (Wildman–Crippen MR) is 118 cm³/mol. The monoisotopic (exact) mass is 417 g/mol. The molecule has 0 unspecified atom stereocenters. The number of H-pyrrole nitrogens is 2. The number of aromatic amines is 2. The normalized spacial score (nSPS) is 21.0. The van der Waals surface area contributed by atoms with Crippen molar-refractivity contribution in [2.45, 2.75) is 33.1 Å². The molecule has 4 heterocycles. The number of benzene rings is 1. The fourth-order valence-electron chi connectivity index (χ4n) is 5.64. The zero-order valence-corrected chi connectivity index (χ0v) is 18.0. The van der Waals surface area contributed by atoms with Crippen LogP contribution in [-0.2, 0) is 17.6 Å². The van der Waals surface area contributed by atoms with Gasteiger partial charge in [0, 0.05) is 59.3 Å². The molecule has 0 saturated carbocycles. The van der Waals surface area contributed by atoms with E-state index < -0.39 is 0 Å². The van der Waals surface area contributed by atoms with E-state index in [1.807, 2.05) is 23.1 Å². The molecule has 1 spiro atoms. The lowest BCUT2D eigenvalue weighted by Crippen LogP contribution is -2.72. The molecule has 0 atom stereocenters. The van der Waals surface area contributed by atoms with E-state index in [1.165, 1.54) is 11.3 Å². The highest BCUT2D eigenvalue weighted by molar-refractivity contribution is 5.99. The van der Waals surface area contributed by atoms with Gasteiger partial charge in [0.25, 0.3) is 5.91 Å². The molecule has 7 nitrogen and oxygen atoms in total. The van der Waals surface area contributed by atoms with Crippen molar-refractivity contribution in [1.82, 2.24) is 25.0 Å². The van der Waals surface area contributed by atoms with Crippen LogP contribution >= 0.6 is 0 Å². The van der Waals surface area contributed by atoms with Crippen molar-refractivity contribution in [2.75, 3.05) is 26.2 Å². The second-order valence-electron chi connectivity index (χ2n) is 10.5. The lowest BCUT2D eigenvalue weighted by Gasteiger charge is -2.59. The molecule has 2 aliphatic heterocycles. The third-order valence-corrected chi connectivity index (χ3v) is 7.35. The first-order valence-electron chi connectivity index (χ1n) is 11.0. The topological polar surface area (TPSA) is 85.1 Å². The lowest BCUT2D eigenvalue weighted by atomic mass is 9.73. The molecule has 2 N–H and O–H groups in total. The van der Waals surface area contributed by atoms with Gasteiger partial charge in [0.2, 0.25) is 6.41 Å². The molecule has 1 aliphatic carbocycles. The Kier molecular flexibility index (Phi) is 3.74. The second-order valence-corrected chi connectivity index (χ2v) is 10.5. The highest BCUT2D eigenvalue weighted by Crippen LogP contribution is 2.40. The highest BCUT2D eigenvalue weighted by atomic mass is 16.2. The predicted octanol–water partition coefficient (Wildman–Crippen LogP) is 2.99. The molecule has 0 bridgehead atoms. The summed E-state index contributed by atoms with van der Waals surface area (Å²) in [7, 11) is 0. The Balaban J connectivity index is 1.23. The van der Waals surface area contributed by atoms with Gasteiger partial charge in [-0.15, -0.1) is 0 Å². The number of amides is 2. The van der Waals surface area contributed by atoms with Crippen LogP contribution in [0.1, 0.15) is 41.9 Å². The van der Waals surface area contributed by atoms with Crippen molar-refractivity contribution >= 4 is 23.2 Å². The van der Waals surface area contributed by atoms with E-state index in [0.717, 1.165) is 74.1 Å². The molecular formula is C24H27N5O2. The summed E-state index contributed by atoms with van der Waals surface area (Å²) in [4.78, 5) is 30.9. The Morgan fingerprint density at radius 1 is 1.16 bits per heavy atom. The Labute approximate surface area is 180 Å². The average molecular weight is 418 g/mol. The Bertz CT molecular complexity index is 1210. The van der Waals surface area contributed by atoms with Gasteiger partial charge in [0.05, 0.1) is 5.69 Å². The number of carbonyl (C=O) groups is 2. The number of rotatable bonds is 3. The van der Waals surface area contributed by atoms with Crippen LogP contribution in [0.5, 0.6) is 0 Å². The van der Waals surface area contributed by atoms with Gasteiger partial charge in [-0.1, -0.05) is 19.9 Å². The number of carbonyl (C=O) groups excluding carboxylic acids is 2. The minimum Gasteiger partial charge on any atom is -0.353 e. The molecule has 2 fully saturated rings. The van der Waals surface area contributed by atoms with Crippen LogP contribution in [0.25, 0.3) is 22.3 Å². The van der Waals surface area contributed by atoms with Crippen LogP contribution in [0.4, 0.5) is 0 Å². The van der Waals surface area contributed by atoms with Crippen LogP contribution < -0.4 is 0 Å². The lowest BCUT2D eigenvalue weighted by molar-refractivity contribution is -0.141. The van der Waals surface area contributed by atoms with E-state index in [4.69, 9.17) is 0 Å². The highest BCUT2D eigenvalue weighted by Gasteiger charge is 2.52. The summed E-state index contributed by atoms with van der Waals surface area (Å²) in [6, 6.07) is 8.00. The molecule has 2 aromatic heterocycles. The number of nitrogens with one attached hydrogen (secondary N) is 2. The number of fused-ring (bicyclic) bond motifs is 2. The first-order valence-corrected chi connectivity index (χ1v) is 11.0. The summed E-state index contributed by atoms with van der Waals surface area (Å²) in [6.07, 6.45) is 4.11. The summed E-state index contributed by atoms with van der Waals surface area (Å²) in [5, 5.41) is 8.96. The largest absolute Gasteiger partial charge is 0.353 e. The molecule has 2 amide bonds. The molecule has 1 aromatic carbocycles. The molecular weight excluding hydrogens is 390 g/mol. The summed E-state index contributed by atoms with van der Waals surface area (Å²) < 4.78 is 0. The van der Waals surface area contributed by atoms with E-state index in [9.17, 15) is 9.59 Å². The van der Waals surface area contributed by atoms with Gasteiger partial charge in [-0.2, -0.15) is 5.10 Å². The molecule has 2 saturated heterocycles. The minimum absolute atomic E-state index is 0.0626. The second kappa shape index (κ2) is 6.22. The van der Waals surface area contributed by atoms with Crippen LogP contribution in [0, 0.1) is 10.8 Å². The van der Waals surface area contributed by atoms with Crippen molar-refractivity contribution in [3.05, 3.63) is 41.1 Å². The Hall–Kier alpha value is -3.09. The van der Waals surface area contributed by atoms with Gasteiger partial charge < -0.3 is 14.8 Å². The Morgan fingerprint density at radius 3 is 2.74 bits per heavy atom. The molecule has 160 valence electrons. The number of hydrogen-bond acceptors (Lipinski definition) is 3. The van der Waals surface area contributed by atoms with Crippen molar-refractivity contribution in [3.63, 3.8) is 0 Å². The van der Waals surface area contributed by atoms with E-state index in [0.29, 0.717) is 11.0 Å². The molecule has 0 radical (unpaired) electrons. The smallest absolute Gasteiger partial charge is 0.253 e. The number of hydrogen-bond donors (Lipinski definition) is 2. The maximum absolute atomic E-state index is 12.9. The van der Waals surface area contributed by atoms with Gasteiger partial charge in [0.1, 0.15) is 5.69 Å². The summed E-state index contributed by atoms with van der Waals surface area (Å²) in [5.74, 6) is 0.0626. The van der Waals surface area contributed by atoms with Crippen molar-refractivity contribution in [3.8, 4) is 11.4 Å². The molecule has 3 aromatic rings. The van der Waals surface area contributed by atoms with E-state index in [1.54, 1.807) is 4.90 Å². The van der Waals surface area contributed by atoms with Gasteiger partial charge in [-0.05, 0) is 42.9 Å². The summed E-state index contributed by atoms with van der Waals surface area (Å²) in [6.45, 7) is 7.62. The summed E-state index contributed by atoms with van der Waals surface area (Å²) in [5.41, 5.74) is 6.68. The zero-order chi connectivity index (χ0) is 21.4. The maximum Gasteiger partial charge on any atom is 0.253 e. The molecule has 3 aliphatic rings. The van der Waals surface area contributed by atoms with Gasteiger partial charge in [-0.3, -0.25) is 14.7 Å². The molecule has 7 heteroatoms.